The van der Waals surface area contributed by atoms with Crippen molar-refractivity contribution in [3.05, 3.63) is 120 Å². The zero-order chi connectivity index (χ0) is 30.4. The van der Waals surface area contributed by atoms with Gasteiger partial charge in [0.15, 0.2) is 0 Å². The Hall–Kier alpha value is -4.42. The van der Waals surface area contributed by atoms with Crippen molar-refractivity contribution >= 4 is 11.8 Å². The maximum absolute atomic E-state index is 13.9. The van der Waals surface area contributed by atoms with Crippen LogP contribution in [-0.4, -0.2) is 48.9 Å². The Bertz CT molecular complexity index is 1560. The zero-order valence-electron chi connectivity index (χ0n) is 25.4. The number of nitrogens with zero attached hydrogens (tertiary/aromatic N) is 1. The molecule has 1 saturated heterocycles. The van der Waals surface area contributed by atoms with E-state index in [2.05, 4.69) is 71.0 Å². The monoisotopic (exact) mass is 587 g/mol. The number of benzene rings is 4. The Labute approximate surface area is 260 Å². The highest BCUT2D eigenvalue weighted by atomic mass is 16.5. The van der Waals surface area contributed by atoms with E-state index in [4.69, 9.17) is 4.74 Å². The van der Waals surface area contributed by atoms with Crippen LogP contribution in [0.5, 0.6) is 11.5 Å². The van der Waals surface area contributed by atoms with Crippen molar-refractivity contribution in [3.63, 3.8) is 0 Å². The summed E-state index contributed by atoms with van der Waals surface area (Å²) in [6.45, 7) is 5.47. The first-order valence-electron chi connectivity index (χ1n) is 15.9. The van der Waals surface area contributed by atoms with Crippen LogP contribution in [-0.2, 0) is 10.2 Å². The number of para-hydroxylation sites is 2. The highest BCUT2D eigenvalue weighted by molar-refractivity contribution is 6.00. The summed E-state index contributed by atoms with van der Waals surface area (Å²) in [6, 6.07) is 33.8. The summed E-state index contributed by atoms with van der Waals surface area (Å²) < 4.78 is 6.01. The van der Waals surface area contributed by atoms with Gasteiger partial charge in [-0.15, -0.1) is 0 Å². The second kappa shape index (κ2) is 13.5. The molecule has 1 aliphatic heterocycles. The van der Waals surface area contributed by atoms with Crippen molar-refractivity contribution in [2.24, 2.45) is 0 Å². The summed E-state index contributed by atoms with van der Waals surface area (Å²) in [5.41, 5.74) is 4.45. The number of hydrogen-bond donors (Lipinski definition) is 2. The maximum atomic E-state index is 13.9. The van der Waals surface area contributed by atoms with E-state index in [0.717, 1.165) is 62.9 Å². The molecule has 6 nitrogen and oxygen atoms in total. The molecule has 0 radical (unpaired) electrons. The first-order chi connectivity index (χ1) is 21.6. The Morgan fingerprint density at radius 1 is 0.841 bits per heavy atom. The Balaban J connectivity index is 1.07. The van der Waals surface area contributed by atoms with E-state index in [1.165, 1.54) is 11.1 Å². The molecule has 4 aromatic carbocycles. The SMILES string of the molecule is CCCNC(=O)C1(CCCCN2CCC(NC(=O)c3ccccc3Oc3ccccc3)C2)c2ccccc2-c2ccccc21. The van der Waals surface area contributed by atoms with E-state index in [0.29, 0.717) is 23.6 Å². The fraction of sp³-hybridized carbons (Fsp3) is 0.316. The van der Waals surface area contributed by atoms with Crippen LogP contribution in [0.15, 0.2) is 103 Å². The van der Waals surface area contributed by atoms with Crippen molar-refractivity contribution in [2.75, 3.05) is 26.2 Å². The Morgan fingerprint density at radius 2 is 1.50 bits per heavy atom. The van der Waals surface area contributed by atoms with Gasteiger partial charge in [-0.1, -0.05) is 92.2 Å². The molecule has 0 bridgehead atoms. The van der Waals surface area contributed by atoms with Crippen LogP contribution in [0.2, 0.25) is 0 Å². The fourth-order valence-electron chi connectivity index (χ4n) is 6.84. The summed E-state index contributed by atoms with van der Waals surface area (Å²) in [4.78, 5) is 29.6. The number of amides is 2. The highest BCUT2D eigenvalue weighted by Crippen LogP contribution is 2.51. The van der Waals surface area contributed by atoms with Gasteiger partial charge in [0.1, 0.15) is 16.9 Å². The molecule has 0 saturated carbocycles. The molecule has 2 amide bonds. The zero-order valence-corrected chi connectivity index (χ0v) is 25.4. The van der Waals surface area contributed by atoms with E-state index in [1.54, 1.807) is 0 Å². The van der Waals surface area contributed by atoms with Gasteiger partial charge in [0.05, 0.1) is 5.56 Å². The van der Waals surface area contributed by atoms with Crippen molar-refractivity contribution in [3.8, 4) is 22.6 Å². The van der Waals surface area contributed by atoms with Gasteiger partial charge in [-0.3, -0.25) is 9.59 Å². The fourth-order valence-corrected chi connectivity index (χ4v) is 6.84. The van der Waals surface area contributed by atoms with E-state index >= 15 is 0 Å². The van der Waals surface area contributed by atoms with Crippen molar-refractivity contribution in [2.45, 2.75) is 50.5 Å². The number of rotatable bonds is 12. The van der Waals surface area contributed by atoms with E-state index in [1.807, 2.05) is 54.6 Å². The molecule has 1 heterocycles. The Kier molecular flexibility index (Phi) is 9.08. The third-order valence-electron chi connectivity index (χ3n) is 8.97. The van der Waals surface area contributed by atoms with E-state index in [-0.39, 0.29) is 17.9 Å². The molecule has 4 aromatic rings. The predicted molar refractivity (Wildman–Crippen MR) is 175 cm³/mol. The second-order valence-corrected chi connectivity index (χ2v) is 11.9. The van der Waals surface area contributed by atoms with Crippen LogP contribution >= 0.6 is 0 Å². The van der Waals surface area contributed by atoms with Gasteiger partial charge in [0.25, 0.3) is 5.91 Å². The molecule has 44 heavy (non-hydrogen) atoms. The molecule has 1 aliphatic carbocycles. The summed E-state index contributed by atoms with van der Waals surface area (Å²) in [5.74, 6) is 1.26. The van der Waals surface area contributed by atoms with Gasteiger partial charge >= 0.3 is 0 Å². The van der Waals surface area contributed by atoms with Crippen LogP contribution in [0.4, 0.5) is 0 Å². The summed E-state index contributed by atoms with van der Waals surface area (Å²) in [7, 11) is 0. The van der Waals surface area contributed by atoms with Crippen LogP contribution < -0.4 is 15.4 Å². The molecule has 6 rings (SSSR count). The number of carbonyl (C=O) groups is 2. The molecule has 1 fully saturated rings. The molecule has 2 N–H and O–H groups in total. The van der Waals surface area contributed by atoms with Gasteiger partial charge in [-0.05, 0) is 78.7 Å². The van der Waals surface area contributed by atoms with Gasteiger partial charge in [-0.2, -0.15) is 0 Å². The quantitative estimate of drug-likeness (QED) is 0.176. The first kappa shape index (κ1) is 29.6. The number of hydrogen-bond acceptors (Lipinski definition) is 4. The van der Waals surface area contributed by atoms with Gasteiger partial charge in [0.2, 0.25) is 5.91 Å². The van der Waals surface area contributed by atoms with Crippen LogP contribution in [0.1, 0.15) is 60.5 Å². The molecule has 2 aliphatic rings. The number of nitrogens with one attached hydrogen (secondary N) is 2. The van der Waals surface area contributed by atoms with Gasteiger partial charge in [0, 0.05) is 25.7 Å². The number of unbranched alkanes of at least 4 members (excludes halogenated alkanes) is 1. The first-order valence-corrected chi connectivity index (χ1v) is 15.9. The minimum absolute atomic E-state index is 0.0898. The molecule has 1 atom stereocenters. The molecule has 0 spiro atoms. The minimum atomic E-state index is -0.668. The van der Waals surface area contributed by atoms with E-state index in [9.17, 15) is 9.59 Å². The van der Waals surface area contributed by atoms with Gasteiger partial charge in [-0.25, -0.2) is 0 Å². The lowest BCUT2D eigenvalue weighted by molar-refractivity contribution is -0.125. The van der Waals surface area contributed by atoms with Crippen molar-refractivity contribution in [1.82, 2.24) is 15.5 Å². The van der Waals surface area contributed by atoms with Crippen molar-refractivity contribution < 1.29 is 14.3 Å². The third-order valence-corrected chi connectivity index (χ3v) is 8.97. The molecule has 1 unspecified atom stereocenters. The van der Waals surface area contributed by atoms with Crippen LogP contribution in [0.25, 0.3) is 11.1 Å². The van der Waals surface area contributed by atoms with Gasteiger partial charge < -0.3 is 20.3 Å². The molecule has 226 valence electrons. The highest BCUT2D eigenvalue weighted by Gasteiger charge is 2.48. The average Bonchev–Trinajstić information content (AvgIpc) is 3.63. The molecular formula is C38H41N3O3. The topological polar surface area (TPSA) is 70.7 Å². The molecule has 6 heteroatoms. The molecule has 0 aromatic heterocycles. The molecular weight excluding hydrogens is 546 g/mol. The number of ether oxygens (including phenoxy) is 1. The smallest absolute Gasteiger partial charge is 0.255 e. The largest absolute Gasteiger partial charge is 0.457 e. The summed E-state index contributed by atoms with van der Waals surface area (Å²) in [6.07, 6.45) is 4.51. The lowest BCUT2D eigenvalue weighted by atomic mass is 9.73. The lowest BCUT2D eigenvalue weighted by Crippen LogP contribution is -2.44. The summed E-state index contributed by atoms with van der Waals surface area (Å²) in [5, 5.41) is 6.47. The second-order valence-electron chi connectivity index (χ2n) is 11.9. The normalized spacial score (nSPS) is 16.6. The average molecular weight is 588 g/mol. The maximum Gasteiger partial charge on any atom is 0.255 e. The van der Waals surface area contributed by atoms with Crippen molar-refractivity contribution in [1.29, 1.82) is 0 Å². The minimum Gasteiger partial charge on any atom is -0.457 e. The Morgan fingerprint density at radius 3 is 2.23 bits per heavy atom. The lowest BCUT2D eigenvalue weighted by Gasteiger charge is -2.31. The van der Waals surface area contributed by atoms with Crippen LogP contribution in [0.3, 0.4) is 0 Å². The third kappa shape index (κ3) is 6.00. The predicted octanol–water partition coefficient (Wildman–Crippen LogP) is 6.95. The van der Waals surface area contributed by atoms with Crippen LogP contribution in [0, 0.1) is 0 Å². The number of fused-ring (bicyclic) bond motifs is 3. The number of carbonyl (C=O) groups excluding carboxylic acids is 2. The van der Waals surface area contributed by atoms with E-state index < -0.39 is 5.41 Å². The number of likely N-dealkylation sites (tertiary alicyclic amines) is 1. The standard InChI is InChI=1S/C38H41N3O3/c1-2-24-39-37(43)38(33-19-9-6-16-30(33)31-17-7-10-20-34(31)38)23-12-13-25-41-26-22-28(27-41)40-36(42)32-18-8-11-21-35(32)44-29-14-4-3-5-15-29/h3-11,14-21,28H,2,12-13,22-27H2,1H3,(H,39,43)(H,40,42). The summed E-state index contributed by atoms with van der Waals surface area (Å²) >= 11 is 0.